The van der Waals surface area contributed by atoms with Gasteiger partial charge in [-0.1, -0.05) is 27.5 Å². The van der Waals surface area contributed by atoms with Crippen LogP contribution in [0.25, 0.3) is 16.6 Å². The van der Waals surface area contributed by atoms with E-state index < -0.39 is 0 Å². The third kappa shape index (κ3) is 2.75. The first-order chi connectivity index (χ1) is 11.2. The summed E-state index contributed by atoms with van der Waals surface area (Å²) in [5.74, 6) is 0.763. The molecule has 5 nitrogen and oxygen atoms in total. The van der Waals surface area contributed by atoms with Gasteiger partial charge in [-0.2, -0.15) is 5.10 Å². The van der Waals surface area contributed by atoms with Crippen molar-refractivity contribution in [2.75, 3.05) is 5.32 Å². The van der Waals surface area contributed by atoms with Crippen LogP contribution < -0.4 is 5.32 Å². The molecule has 1 aromatic carbocycles. The Hall–Kier alpha value is -2.18. The molecule has 7 heteroatoms. The topological polar surface area (TPSA) is 55.1 Å². The van der Waals surface area contributed by atoms with Crippen LogP contribution in [-0.2, 0) is 6.54 Å². The third-order valence-corrected chi connectivity index (χ3v) is 4.28. The SMILES string of the molecule is Clc1cc(Br)cc2ccc(NCc3ccnc4ccnn34)nc12. The molecule has 0 unspecified atom stereocenters. The Morgan fingerprint density at radius 2 is 2.04 bits per heavy atom. The number of hydrogen-bond donors (Lipinski definition) is 1. The summed E-state index contributed by atoms with van der Waals surface area (Å²) in [5.41, 5.74) is 2.60. The summed E-state index contributed by atoms with van der Waals surface area (Å²) in [4.78, 5) is 8.84. The molecule has 3 heterocycles. The minimum Gasteiger partial charge on any atom is -0.364 e. The number of benzene rings is 1. The lowest BCUT2D eigenvalue weighted by Crippen LogP contribution is -2.07. The van der Waals surface area contributed by atoms with Crippen molar-refractivity contribution in [1.29, 1.82) is 0 Å². The number of hydrogen-bond acceptors (Lipinski definition) is 4. The first kappa shape index (κ1) is 14.4. The molecule has 0 aliphatic rings. The van der Waals surface area contributed by atoms with E-state index in [0.717, 1.165) is 32.5 Å². The summed E-state index contributed by atoms with van der Waals surface area (Å²) < 4.78 is 2.74. The molecular weight excluding hydrogens is 378 g/mol. The molecule has 3 aromatic heterocycles. The molecule has 0 amide bonds. The molecule has 0 spiro atoms. The Morgan fingerprint density at radius 1 is 1.13 bits per heavy atom. The first-order valence-corrected chi connectivity index (χ1v) is 8.15. The van der Waals surface area contributed by atoms with Gasteiger partial charge < -0.3 is 5.32 Å². The number of rotatable bonds is 3. The van der Waals surface area contributed by atoms with Gasteiger partial charge in [-0.3, -0.25) is 0 Å². The molecule has 114 valence electrons. The Labute approximate surface area is 145 Å². The number of aromatic nitrogens is 4. The van der Waals surface area contributed by atoms with E-state index >= 15 is 0 Å². The van der Waals surface area contributed by atoms with E-state index in [2.05, 4.69) is 36.3 Å². The van der Waals surface area contributed by atoms with Crippen molar-refractivity contribution in [3.8, 4) is 0 Å². The van der Waals surface area contributed by atoms with Crippen LogP contribution in [0.1, 0.15) is 5.69 Å². The summed E-state index contributed by atoms with van der Waals surface area (Å²) >= 11 is 9.71. The van der Waals surface area contributed by atoms with Crippen LogP contribution in [0.3, 0.4) is 0 Å². The van der Waals surface area contributed by atoms with Gasteiger partial charge in [0.1, 0.15) is 5.82 Å². The molecule has 0 fully saturated rings. The van der Waals surface area contributed by atoms with Gasteiger partial charge >= 0.3 is 0 Å². The lowest BCUT2D eigenvalue weighted by Gasteiger charge is -2.09. The maximum Gasteiger partial charge on any atom is 0.155 e. The number of nitrogens with zero attached hydrogens (tertiary/aromatic N) is 4. The molecule has 0 bridgehead atoms. The highest BCUT2D eigenvalue weighted by atomic mass is 79.9. The number of halogens is 2. The van der Waals surface area contributed by atoms with Crippen LogP contribution in [0.5, 0.6) is 0 Å². The highest BCUT2D eigenvalue weighted by molar-refractivity contribution is 9.10. The highest BCUT2D eigenvalue weighted by Gasteiger charge is 2.06. The largest absolute Gasteiger partial charge is 0.364 e. The lowest BCUT2D eigenvalue weighted by molar-refractivity contribution is 0.852. The van der Waals surface area contributed by atoms with Gasteiger partial charge in [0.15, 0.2) is 5.65 Å². The molecule has 0 saturated carbocycles. The van der Waals surface area contributed by atoms with Crippen LogP contribution in [-0.4, -0.2) is 19.6 Å². The molecule has 0 radical (unpaired) electrons. The number of pyridine rings is 1. The van der Waals surface area contributed by atoms with Crippen LogP contribution in [0.2, 0.25) is 5.02 Å². The Morgan fingerprint density at radius 3 is 2.96 bits per heavy atom. The monoisotopic (exact) mass is 387 g/mol. The van der Waals surface area contributed by atoms with Gasteiger partial charge in [-0.25, -0.2) is 14.5 Å². The lowest BCUT2D eigenvalue weighted by atomic mass is 10.2. The number of anilines is 1. The van der Waals surface area contributed by atoms with Crippen molar-refractivity contribution < 1.29 is 0 Å². The summed E-state index contributed by atoms with van der Waals surface area (Å²) in [6.45, 7) is 0.591. The second kappa shape index (κ2) is 5.79. The second-order valence-corrected chi connectivity index (χ2v) is 6.37. The fourth-order valence-corrected chi connectivity index (χ4v) is 3.33. The average molecular weight is 389 g/mol. The van der Waals surface area contributed by atoms with Crippen molar-refractivity contribution in [3.63, 3.8) is 0 Å². The van der Waals surface area contributed by atoms with E-state index in [1.54, 1.807) is 16.9 Å². The zero-order valence-corrected chi connectivity index (χ0v) is 14.2. The maximum atomic E-state index is 6.27. The molecule has 4 aromatic rings. The minimum absolute atomic E-state index is 0.591. The van der Waals surface area contributed by atoms with Gasteiger partial charge in [-0.15, -0.1) is 0 Å². The normalized spacial score (nSPS) is 11.2. The second-order valence-electron chi connectivity index (χ2n) is 5.05. The van der Waals surface area contributed by atoms with E-state index in [0.29, 0.717) is 11.6 Å². The van der Waals surface area contributed by atoms with Gasteiger partial charge in [0, 0.05) is 22.1 Å². The zero-order chi connectivity index (χ0) is 15.8. The maximum absolute atomic E-state index is 6.27. The molecule has 0 saturated heterocycles. The first-order valence-electron chi connectivity index (χ1n) is 6.98. The summed E-state index contributed by atoms with van der Waals surface area (Å²) in [6, 6.07) is 11.6. The van der Waals surface area contributed by atoms with Gasteiger partial charge in [0.25, 0.3) is 0 Å². The minimum atomic E-state index is 0.591. The van der Waals surface area contributed by atoms with Gasteiger partial charge in [0.05, 0.1) is 29.0 Å². The van der Waals surface area contributed by atoms with Crippen LogP contribution in [0.4, 0.5) is 5.82 Å². The van der Waals surface area contributed by atoms with E-state index in [1.165, 1.54) is 0 Å². The molecule has 0 aliphatic heterocycles. The zero-order valence-electron chi connectivity index (χ0n) is 11.9. The Kier molecular flexibility index (Phi) is 3.63. The van der Waals surface area contributed by atoms with Crippen LogP contribution in [0, 0.1) is 0 Å². The van der Waals surface area contributed by atoms with E-state index in [4.69, 9.17) is 11.6 Å². The molecule has 1 N–H and O–H groups in total. The van der Waals surface area contributed by atoms with Crippen molar-refractivity contribution in [1.82, 2.24) is 19.6 Å². The predicted octanol–water partition coefficient (Wildman–Crippen LogP) is 4.31. The fourth-order valence-electron chi connectivity index (χ4n) is 2.46. The van der Waals surface area contributed by atoms with Crippen LogP contribution in [0.15, 0.2) is 53.3 Å². The standard InChI is InChI=1S/C16H11BrClN5/c17-11-7-10-1-2-14(22-16(10)13(18)8-11)20-9-12-3-5-19-15-4-6-21-23(12)15/h1-8H,9H2,(H,20,22). The van der Waals surface area contributed by atoms with Gasteiger partial charge in [0.2, 0.25) is 0 Å². The van der Waals surface area contributed by atoms with Crippen molar-refractivity contribution in [3.05, 3.63) is 64.0 Å². The van der Waals surface area contributed by atoms with Crippen molar-refractivity contribution in [2.24, 2.45) is 0 Å². The number of nitrogens with one attached hydrogen (secondary N) is 1. The summed E-state index contributed by atoms with van der Waals surface area (Å²) in [6.07, 6.45) is 3.51. The molecule has 0 aliphatic carbocycles. The average Bonchev–Trinajstić information content (AvgIpc) is 3.02. The van der Waals surface area contributed by atoms with E-state index in [9.17, 15) is 0 Å². The Bertz CT molecular complexity index is 1010. The fraction of sp³-hybridized carbons (Fsp3) is 0.0625. The van der Waals surface area contributed by atoms with Crippen molar-refractivity contribution >= 4 is 49.9 Å². The molecule has 0 atom stereocenters. The third-order valence-electron chi connectivity index (χ3n) is 3.53. The van der Waals surface area contributed by atoms with E-state index in [1.807, 2.05) is 36.4 Å². The summed E-state index contributed by atoms with van der Waals surface area (Å²) in [7, 11) is 0. The van der Waals surface area contributed by atoms with Gasteiger partial charge in [-0.05, 0) is 30.3 Å². The van der Waals surface area contributed by atoms with Crippen LogP contribution >= 0.6 is 27.5 Å². The summed E-state index contributed by atoms with van der Waals surface area (Å²) in [5, 5.41) is 9.19. The quantitative estimate of drug-likeness (QED) is 0.568. The van der Waals surface area contributed by atoms with Crippen molar-refractivity contribution in [2.45, 2.75) is 6.54 Å². The molecular formula is C16H11BrClN5. The molecule has 23 heavy (non-hydrogen) atoms. The smallest absolute Gasteiger partial charge is 0.155 e. The highest BCUT2D eigenvalue weighted by Crippen LogP contribution is 2.27. The number of fused-ring (bicyclic) bond motifs is 2. The van der Waals surface area contributed by atoms with E-state index in [-0.39, 0.29) is 0 Å². The molecule has 4 rings (SSSR count). The predicted molar refractivity (Wildman–Crippen MR) is 94.8 cm³/mol. The Balaban J connectivity index is 1.64.